The lowest BCUT2D eigenvalue weighted by Gasteiger charge is -2.36. The maximum atomic E-state index is 12.2. The number of carboxylic acid groups (broad SMARTS) is 1. The van der Waals surface area contributed by atoms with Crippen LogP contribution in [0, 0.1) is 11.3 Å². The van der Waals surface area contributed by atoms with Gasteiger partial charge in [-0.15, -0.1) is 0 Å². The monoisotopic (exact) mass is 284 g/mol. The largest absolute Gasteiger partial charge is 0.481 e. The highest BCUT2D eigenvalue weighted by atomic mass is 16.4. The number of amides is 1. The van der Waals surface area contributed by atoms with Crippen LogP contribution in [0.5, 0.6) is 0 Å². The number of carboxylic acids is 1. The molecule has 1 aliphatic heterocycles. The molecule has 116 valence electrons. The SMILES string of the molecule is CC(CC(=O)N1CCN(CCC(=O)O)CC1)C(C)(C)C. The highest BCUT2D eigenvalue weighted by Gasteiger charge is 2.27. The van der Waals surface area contributed by atoms with E-state index in [0.717, 1.165) is 26.2 Å². The van der Waals surface area contributed by atoms with Gasteiger partial charge in [-0.25, -0.2) is 0 Å². The lowest BCUT2D eigenvalue weighted by atomic mass is 9.80. The first-order chi connectivity index (χ1) is 9.20. The molecule has 0 bridgehead atoms. The molecule has 1 fully saturated rings. The Bertz CT molecular complexity index is 342. The van der Waals surface area contributed by atoms with Crippen LogP contribution < -0.4 is 0 Å². The van der Waals surface area contributed by atoms with Crippen molar-refractivity contribution in [3.05, 3.63) is 0 Å². The fourth-order valence-electron chi connectivity index (χ4n) is 2.17. The van der Waals surface area contributed by atoms with E-state index in [0.29, 0.717) is 18.9 Å². The number of hydrogen-bond donors (Lipinski definition) is 1. The summed E-state index contributed by atoms with van der Waals surface area (Å²) in [5, 5.41) is 8.67. The number of piperazine rings is 1. The minimum atomic E-state index is -0.762. The molecule has 1 saturated heterocycles. The van der Waals surface area contributed by atoms with Gasteiger partial charge in [0.25, 0.3) is 0 Å². The summed E-state index contributed by atoms with van der Waals surface area (Å²) in [7, 11) is 0. The highest BCUT2D eigenvalue weighted by molar-refractivity contribution is 5.76. The van der Waals surface area contributed by atoms with Crippen LogP contribution in [0.25, 0.3) is 0 Å². The van der Waals surface area contributed by atoms with Gasteiger partial charge >= 0.3 is 5.97 Å². The molecule has 1 N–H and O–H groups in total. The molecule has 1 amide bonds. The third-order valence-electron chi connectivity index (χ3n) is 4.33. The molecule has 1 aliphatic rings. The molecule has 5 nitrogen and oxygen atoms in total. The summed E-state index contributed by atoms with van der Waals surface area (Å²) < 4.78 is 0. The van der Waals surface area contributed by atoms with Crippen molar-refractivity contribution in [1.82, 2.24) is 9.80 Å². The Balaban J connectivity index is 2.34. The molecular formula is C15H28N2O3. The minimum Gasteiger partial charge on any atom is -0.481 e. The number of aliphatic carboxylic acids is 1. The smallest absolute Gasteiger partial charge is 0.304 e. The maximum absolute atomic E-state index is 12.2. The zero-order valence-electron chi connectivity index (χ0n) is 13.2. The van der Waals surface area contributed by atoms with Gasteiger partial charge in [0, 0.05) is 39.1 Å². The summed E-state index contributed by atoms with van der Waals surface area (Å²) in [6.45, 7) is 12.2. The van der Waals surface area contributed by atoms with E-state index in [1.54, 1.807) is 0 Å². The number of nitrogens with zero attached hydrogens (tertiary/aromatic N) is 2. The van der Waals surface area contributed by atoms with Gasteiger partial charge in [0.2, 0.25) is 5.91 Å². The molecule has 0 aromatic carbocycles. The van der Waals surface area contributed by atoms with Crippen LogP contribution >= 0.6 is 0 Å². The normalized spacial score (nSPS) is 18.9. The second-order valence-electron chi connectivity index (χ2n) is 6.84. The highest BCUT2D eigenvalue weighted by Crippen LogP contribution is 2.28. The van der Waals surface area contributed by atoms with Gasteiger partial charge in [0.15, 0.2) is 0 Å². The molecule has 0 aromatic heterocycles. The second-order valence-corrected chi connectivity index (χ2v) is 6.84. The number of rotatable bonds is 5. The van der Waals surface area contributed by atoms with E-state index in [4.69, 9.17) is 5.11 Å². The molecule has 0 aromatic rings. The van der Waals surface area contributed by atoms with Crippen LogP contribution in [-0.2, 0) is 9.59 Å². The first kappa shape index (κ1) is 17.0. The van der Waals surface area contributed by atoms with Crippen molar-refractivity contribution in [2.24, 2.45) is 11.3 Å². The zero-order valence-corrected chi connectivity index (χ0v) is 13.2. The zero-order chi connectivity index (χ0) is 15.3. The van der Waals surface area contributed by atoms with E-state index < -0.39 is 5.97 Å². The molecule has 0 spiro atoms. The summed E-state index contributed by atoms with van der Waals surface area (Å²) in [5.74, 6) is -0.173. The van der Waals surface area contributed by atoms with Crippen LogP contribution in [0.15, 0.2) is 0 Å². The Kier molecular flexibility index (Phi) is 5.99. The average molecular weight is 284 g/mol. The Hall–Kier alpha value is -1.10. The molecule has 1 unspecified atom stereocenters. The molecule has 0 aliphatic carbocycles. The lowest BCUT2D eigenvalue weighted by Crippen LogP contribution is -2.49. The first-order valence-corrected chi connectivity index (χ1v) is 7.42. The van der Waals surface area contributed by atoms with E-state index in [1.807, 2.05) is 4.90 Å². The topological polar surface area (TPSA) is 60.9 Å². The van der Waals surface area contributed by atoms with E-state index in [1.165, 1.54) is 0 Å². The van der Waals surface area contributed by atoms with Crippen molar-refractivity contribution in [3.8, 4) is 0 Å². The Morgan fingerprint density at radius 3 is 2.15 bits per heavy atom. The van der Waals surface area contributed by atoms with Crippen molar-refractivity contribution in [1.29, 1.82) is 0 Å². The van der Waals surface area contributed by atoms with Gasteiger partial charge in [-0.2, -0.15) is 0 Å². The quantitative estimate of drug-likeness (QED) is 0.834. The van der Waals surface area contributed by atoms with Crippen LogP contribution in [0.1, 0.15) is 40.5 Å². The standard InChI is InChI=1S/C15H28N2O3/c1-12(15(2,3)4)11-13(18)17-9-7-16(8-10-17)6-5-14(19)20/h12H,5-11H2,1-4H3,(H,19,20). The van der Waals surface area contributed by atoms with Crippen molar-refractivity contribution in [2.45, 2.75) is 40.5 Å². The number of hydrogen-bond acceptors (Lipinski definition) is 3. The number of carbonyl (C=O) groups is 2. The Morgan fingerprint density at radius 2 is 1.70 bits per heavy atom. The molecule has 5 heteroatoms. The van der Waals surface area contributed by atoms with E-state index in [-0.39, 0.29) is 17.7 Å². The Morgan fingerprint density at radius 1 is 1.15 bits per heavy atom. The van der Waals surface area contributed by atoms with E-state index >= 15 is 0 Å². The average Bonchev–Trinajstić information content (AvgIpc) is 2.35. The molecule has 1 rings (SSSR count). The molecule has 1 atom stereocenters. The van der Waals surface area contributed by atoms with Gasteiger partial charge in [-0.05, 0) is 11.3 Å². The van der Waals surface area contributed by atoms with Crippen molar-refractivity contribution >= 4 is 11.9 Å². The molecule has 1 heterocycles. The fraction of sp³-hybridized carbons (Fsp3) is 0.867. The van der Waals surface area contributed by atoms with E-state index in [2.05, 4.69) is 32.6 Å². The van der Waals surface area contributed by atoms with Gasteiger partial charge < -0.3 is 10.0 Å². The molecule has 0 radical (unpaired) electrons. The molecule has 0 saturated carbocycles. The summed E-state index contributed by atoms with van der Waals surface area (Å²) in [5.41, 5.74) is 0.152. The van der Waals surface area contributed by atoms with Gasteiger partial charge in [-0.3, -0.25) is 14.5 Å². The summed E-state index contributed by atoms with van der Waals surface area (Å²) in [4.78, 5) is 26.8. The van der Waals surface area contributed by atoms with Crippen molar-refractivity contribution in [2.75, 3.05) is 32.7 Å². The van der Waals surface area contributed by atoms with Crippen molar-refractivity contribution < 1.29 is 14.7 Å². The van der Waals surface area contributed by atoms with E-state index in [9.17, 15) is 9.59 Å². The lowest BCUT2D eigenvalue weighted by molar-refractivity contribution is -0.138. The summed E-state index contributed by atoms with van der Waals surface area (Å²) >= 11 is 0. The molecular weight excluding hydrogens is 256 g/mol. The van der Waals surface area contributed by atoms with Crippen LogP contribution in [0.3, 0.4) is 0 Å². The van der Waals surface area contributed by atoms with Crippen molar-refractivity contribution in [3.63, 3.8) is 0 Å². The predicted octanol–water partition coefficient (Wildman–Crippen LogP) is 1.68. The van der Waals surface area contributed by atoms with Crippen LogP contribution in [0.2, 0.25) is 0 Å². The van der Waals surface area contributed by atoms with Crippen LogP contribution in [0.4, 0.5) is 0 Å². The summed E-state index contributed by atoms with van der Waals surface area (Å²) in [6.07, 6.45) is 0.771. The first-order valence-electron chi connectivity index (χ1n) is 7.42. The second kappa shape index (κ2) is 7.07. The van der Waals surface area contributed by atoms with Gasteiger partial charge in [0.1, 0.15) is 0 Å². The minimum absolute atomic E-state index is 0.152. The van der Waals surface area contributed by atoms with Crippen LogP contribution in [-0.4, -0.2) is 59.5 Å². The third kappa shape index (κ3) is 5.49. The fourth-order valence-corrected chi connectivity index (χ4v) is 2.17. The van der Waals surface area contributed by atoms with Gasteiger partial charge in [-0.1, -0.05) is 27.7 Å². The predicted molar refractivity (Wildman–Crippen MR) is 78.5 cm³/mol. The summed E-state index contributed by atoms with van der Waals surface area (Å²) in [6, 6.07) is 0. The maximum Gasteiger partial charge on any atom is 0.304 e. The molecule has 20 heavy (non-hydrogen) atoms. The third-order valence-corrected chi connectivity index (χ3v) is 4.33. The number of carbonyl (C=O) groups excluding carboxylic acids is 1. The Labute approximate surface area is 121 Å². The van der Waals surface area contributed by atoms with Gasteiger partial charge in [0.05, 0.1) is 6.42 Å².